The zero-order valence-electron chi connectivity index (χ0n) is 9.90. The molecular formula is C12H14BrN3O2. The summed E-state index contributed by atoms with van der Waals surface area (Å²) in [4.78, 5) is 12.1. The number of amides is 1. The lowest BCUT2D eigenvalue weighted by Gasteiger charge is -2.14. The number of aryl methyl sites for hydroxylation is 1. The molecule has 1 saturated carbocycles. The predicted molar refractivity (Wildman–Crippen MR) is 72.6 cm³/mol. The van der Waals surface area contributed by atoms with E-state index >= 15 is 0 Å². The standard InChI is InChI=1S/C12H14BrN3O2/c1-7-6-8(2-3-9(7)13)15-11(17)12(4-5-12)10(14)16-18/h2-3,6,18H,4-5H2,1H3,(H2,14,16)(H,15,17). The summed E-state index contributed by atoms with van der Waals surface area (Å²) in [6.45, 7) is 1.94. The van der Waals surface area contributed by atoms with Crippen LogP contribution in [-0.4, -0.2) is 17.0 Å². The third-order valence-electron chi connectivity index (χ3n) is 3.20. The van der Waals surface area contributed by atoms with Crippen LogP contribution < -0.4 is 11.1 Å². The first-order chi connectivity index (χ1) is 8.49. The average molecular weight is 312 g/mol. The molecule has 1 aromatic carbocycles. The molecule has 0 radical (unpaired) electrons. The molecule has 1 amide bonds. The Bertz CT molecular complexity index is 524. The van der Waals surface area contributed by atoms with Gasteiger partial charge in [0.1, 0.15) is 5.41 Å². The van der Waals surface area contributed by atoms with Gasteiger partial charge in [0.25, 0.3) is 0 Å². The topological polar surface area (TPSA) is 87.7 Å². The largest absolute Gasteiger partial charge is 0.409 e. The second kappa shape index (κ2) is 4.61. The van der Waals surface area contributed by atoms with Crippen molar-refractivity contribution < 1.29 is 10.0 Å². The van der Waals surface area contributed by atoms with Crippen LogP contribution in [-0.2, 0) is 4.79 Å². The number of hydrogen-bond donors (Lipinski definition) is 3. The summed E-state index contributed by atoms with van der Waals surface area (Å²) in [5.74, 6) is -0.242. The molecule has 0 unspecified atom stereocenters. The minimum Gasteiger partial charge on any atom is -0.409 e. The Labute approximate surface area is 113 Å². The van der Waals surface area contributed by atoms with Crippen molar-refractivity contribution >= 4 is 33.4 Å². The van der Waals surface area contributed by atoms with E-state index in [0.29, 0.717) is 18.5 Å². The van der Waals surface area contributed by atoms with Gasteiger partial charge in [-0.3, -0.25) is 4.79 Å². The molecular weight excluding hydrogens is 298 g/mol. The van der Waals surface area contributed by atoms with Crippen LogP contribution in [0.5, 0.6) is 0 Å². The Balaban J connectivity index is 2.15. The molecule has 96 valence electrons. The van der Waals surface area contributed by atoms with E-state index in [1.54, 1.807) is 6.07 Å². The number of anilines is 1. The molecule has 6 heteroatoms. The number of nitrogens with one attached hydrogen (secondary N) is 1. The lowest BCUT2D eigenvalue weighted by molar-refractivity contribution is -0.119. The smallest absolute Gasteiger partial charge is 0.238 e. The van der Waals surface area contributed by atoms with Crippen LogP contribution in [0.3, 0.4) is 0 Å². The molecule has 5 nitrogen and oxygen atoms in total. The number of benzene rings is 1. The van der Waals surface area contributed by atoms with Gasteiger partial charge in [0, 0.05) is 10.2 Å². The Kier molecular flexibility index (Phi) is 3.30. The second-order valence-electron chi connectivity index (χ2n) is 4.49. The number of carbonyl (C=O) groups is 1. The van der Waals surface area contributed by atoms with E-state index in [0.717, 1.165) is 10.0 Å². The number of hydrogen-bond acceptors (Lipinski definition) is 3. The van der Waals surface area contributed by atoms with Crippen molar-refractivity contribution in [3.63, 3.8) is 0 Å². The Morgan fingerprint density at radius 2 is 2.22 bits per heavy atom. The van der Waals surface area contributed by atoms with E-state index in [4.69, 9.17) is 10.9 Å². The summed E-state index contributed by atoms with van der Waals surface area (Å²) in [5.41, 5.74) is 6.47. The number of nitrogens with zero attached hydrogens (tertiary/aromatic N) is 1. The highest BCUT2D eigenvalue weighted by Gasteiger charge is 2.54. The average Bonchev–Trinajstić information content (AvgIpc) is 3.14. The van der Waals surface area contributed by atoms with Crippen LogP contribution in [0.4, 0.5) is 5.69 Å². The maximum atomic E-state index is 12.1. The number of amidine groups is 1. The van der Waals surface area contributed by atoms with E-state index < -0.39 is 5.41 Å². The number of nitrogens with two attached hydrogens (primary N) is 1. The van der Waals surface area contributed by atoms with Gasteiger partial charge in [-0.05, 0) is 43.5 Å². The fourth-order valence-corrected chi connectivity index (χ4v) is 2.04. The van der Waals surface area contributed by atoms with Crippen LogP contribution in [0.1, 0.15) is 18.4 Å². The SMILES string of the molecule is Cc1cc(NC(=O)C2(/C(N)=N/O)CC2)ccc1Br. The highest BCUT2D eigenvalue weighted by atomic mass is 79.9. The monoisotopic (exact) mass is 311 g/mol. The fourth-order valence-electron chi connectivity index (χ4n) is 1.79. The third kappa shape index (κ3) is 2.20. The van der Waals surface area contributed by atoms with Gasteiger partial charge in [-0.15, -0.1) is 0 Å². The molecule has 0 atom stereocenters. The van der Waals surface area contributed by atoms with Crippen molar-refractivity contribution in [1.82, 2.24) is 0 Å². The molecule has 0 bridgehead atoms. The zero-order chi connectivity index (χ0) is 13.3. The normalized spacial score (nSPS) is 17.3. The second-order valence-corrected chi connectivity index (χ2v) is 5.34. The van der Waals surface area contributed by atoms with Gasteiger partial charge in [-0.25, -0.2) is 0 Å². The Hall–Kier alpha value is -1.56. The molecule has 2 rings (SSSR count). The van der Waals surface area contributed by atoms with Gasteiger partial charge in [0.15, 0.2) is 5.84 Å². The van der Waals surface area contributed by atoms with Crippen molar-refractivity contribution in [2.75, 3.05) is 5.32 Å². The maximum absolute atomic E-state index is 12.1. The van der Waals surface area contributed by atoms with Crippen molar-refractivity contribution in [3.8, 4) is 0 Å². The van der Waals surface area contributed by atoms with Crippen LogP contribution in [0.25, 0.3) is 0 Å². The summed E-state index contributed by atoms with van der Waals surface area (Å²) >= 11 is 3.40. The van der Waals surface area contributed by atoms with Crippen molar-refractivity contribution in [3.05, 3.63) is 28.2 Å². The number of carbonyl (C=O) groups excluding carboxylic acids is 1. The Morgan fingerprint density at radius 3 is 2.72 bits per heavy atom. The number of oxime groups is 1. The van der Waals surface area contributed by atoms with Crippen LogP contribution in [0.2, 0.25) is 0 Å². The fraction of sp³-hybridized carbons (Fsp3) is 0.333. The molecule has 0 aliphatic heterocycles. The number of rotatable bonds is 3. The molecule has 0 spiro atoms. The highest BCUT2D eigenvalue weighted by Crippen LogP contribution is 2.46. The zero-order valence-corrected chi connectivity index (χ0v) is 11.5. The van der Waals surface area contributed by atoms with Gasteiger partial charge in [-0.1, -0.05) is 21.1 Å². The number of halogens is 1. The maximum Gasteiger partial charge on any atom is 0.238 e. The molecule has 1 aliphatic carbocycles. The molecule has 0 saturated heterocycles. The quantitative estimate of drug-likeness (QED) is 0.346. The summed E-state index contributed by atoms with van der Waals surface area (Å²) in [6.07, 6.45) is 1.23. The van der Waals surface area contributed by atoms with Gasteiger partial charge >= 0.3 is 0 Å². The first-order valence-corrected chi connectivity index (χ1v) is 6.34. The molecule has 18 heavy (non-hydrogen) atoms. The molecule has 1 aromatic rings. The highest BCUT2D eigenvalue weighted by molar-refractivity contribution is 9.10. The first kappa shape index (κ1) is 12.9. The molecule has 1 aliphatic rings. The van der Waals surface area contributed by atoms with E-state index in [2.05, 4.69) is 26.4 Å². The minimum absolute atomic E-state index is 0.0196. The molecule has 1 fully saturated rings. The van der Waals surface area contributed by atoms with Crippen LogP contribution in [0.15, 0.2) is 27.8 Å². The Morgan fingerprint density at radius 1 is 1.56 bits per heavy atom. The van der Waals surface area contributed by atoms with Crippen molar-refractivity contribution in [2.45, 2.75) is 19.8 Å². The van der Waals surface area contributed by atoms with Gasteiger partial charge in [-0.2, -0.15) is 0 Å². The van der Waals surface area contributed by atoms with E-state index in [1.165, 1.54) is 0 Å². The van der Waals surface area contributed by atoms with Crippen molar-refractivity contribution in [2.24, 2.45) is 16.3 Å². The van der Waals surface area contributed by atoms with Crippen LogP contribution in [0, 0.1) is 12.3 Å². The molecule has 0 heterocycles. The van der Waals surface area contributed by atoms with E-state index in [1.807, 2.05) is 19.1 Å². The van der Waals surface area contributed by atoms with Gasteiger partial charge in [0.05, 0.1) is 0 Å². The van der Waals surface area contributed by atoms with E-state index in [9.17, 15) is 4.79 Å². The summed E-state index contributed by atoms with van der Waals surface area (Å²) in [6, 6.07) is 5.54. The summed E-state index contributed by atoms with van der Waals surface area (Å²) in [5, 5.41) is 14.4. The lowest BCUT2D eigenvalue weighted by atomic mass is 10.0. The third-order valence-corrected chi connectivity index (χ3v) is 4.09. The molecule has 4 N–H and O–H groups in total. The lowest BCUT2D eigenvalue weighted by Crippen LogP contribution is -2.36. The predicted octanol–water partition coefficient (Wildman–Crippen LogP) is 2.22. The van der Waals surface area contributed by atoms with Crippen molar-refractivity contribution in [1.29, 1.82) is 0 Å². The summed E-state index contributed by atoms with van der Waals surface area (Å²) < 4.78 is 0.984. The first-order valence-electron chi connectivity index (χ1n) is 5.55. The van der Waals surface area contributed by atoms with E-state index in [-0.39, 0.29) is 11.7 Å². The summed E-state index contributed by atoms with van der Waals surface area (Å²) in [7, 11) is 0. The minimum atomic E-state index is -0.824. The van der Waals surface area contributed by atoms with Crippen LogP contribution >= 0.6 is 15.9 Å². The molecule has 0 aromatic heterocycles. The van der Waals surface area contributed by atoms with Gasteiger partial charge < -0.3 is 16.3 Å². The van der Waals surface area contributed by atoms with Gasteiger partial charge in [0.2, 0.25) is 5.91 Å².